The largest absolute Gasteiger partial charge is 0.355 e. The van der Waals surface area contributed by atoms with Gasteiger partial charge in [-0.15, -0.1) is 0 Å². The van der Waals surface area contributed by atoms with Crippen molar-refractivity contribution >= 4 is 28.1 Å². The molecule has 0 unspecified atom stereocenters. The molecule has 0 aliphatic carbocycles. The SMILES string of the molecule is Cc1cc(C)c(/C=C/c2onc(C)c2S(=O)(=O)N2CCC(C(=O)NC[C@@H](C)c3ccccc3)CC2)c(C)c1. The number of aromatic nitrogens is 1. The normalized spacial score (nSPS) is 16.1. The van der Waals surface area contributed by atoms with E-state index >= 15 is 0 Å². The van der Waals surface area contributed by atoms with Gasteiger partial charge in [0, 0.05) is 25.6 Å². The monoisotopic (exact) mass is 535 g/mol. The lowest BCUT2D eigenvalue weighted by Gasteiger charge is -2.30. The van der Waals surface area contributed by atoms with Gasteiger partial charge in [-0.05, 0) is 74.8 Å². The van der Waals surface area contributed by atoms with Gasteiger partial charge >= 0.3 is 0 Å². The average Bonchev–Trinajstić information content (AvgIpc) is 3.28. The molecule has 2 aromatic carbocycles. The molecule has 0 radical (unpaired) electrons. The minimum atomic E-state index is -3.83. The number of hydrogen-bond acceptors (Lipinski definition) is 5. The lowest BCUT2D eigenvalue weighted by Crippen LogP contribution is -2.43. The highest BCUT2D eigenvalue weighted by atomic mass is 32.2. The van der Waals surface area contributed by atoms with Crippen LogP contribution in [0.2, 0.25) is 0 Å². The molecule has 8 heteroatoms. The van der Waals surface area contributed by atoms with Crippen molar-refractivity contribution in [2.45, 2.75) is 58.3 Å². The van der Waals surface area contributed by atoms with Crippen LogP contribution in [0.4, 0.5) is 0 Å². The number of piperidine rings is 1. The Morgan fingerprint density at radius 1 is 1.08 bits per heavy atom. The summed E-state index contributed by atoms with van der Waals surface area (Å²) in [5.41, 5.74) is 5.93. The molecule has 202 valence electrons. The van der Waals surface area contributed by atoms with Crippen molar-refractivity contribution in [3.8, 4) is 0 Å². The molecule has 1 atom stereocenters. The van der Waals surface area contributed by atoms with Crippen molar-refractivity contribution in [2.24, 2.45) is 5.92 Å². The Morgan fingerprint density at radius 3 is 2.34 bits per heavy atom. The van der Waals surface area contributed by atoms with E-state index in [1.54, 1.807) is 13.0 Å². The Hall–Kier alpha value is -3.23. The lowest BCUT2D eigenvalue weighted by molar-refractivity contribution is -0.126. The van der Waals surface area contributed by atoms with Crippen LogP contribution in [-0.4, -0.2) is 43.4 Å². The molecule has 38 heavy (non-hydrogen) atoms. The van der Waals surface area contributed by atoms with Crippen molar-refractivity contribution in [3.63, 3.8) is 0 Å². The van der Waals surface area contributed by atoms with Gasteiger partial charge in [0.1, 0.15) is 5.69 Å². The molecule has 4 rings (SSSR count). The number of carbonyl (C=O) groups is 1. The summed E-state index contributed by atoms with van der Waals surface area (Å²) >= 11 is 0. The van der Waals surface area contributed by atoms with Crippen LogP contribution in [-0.2, 0) is 14.8 Å². The van der Waals surface area contributed by atoms with Gasteiger partial charge in [-0.25, -0.2) is 8.42 Å². The minimum absolute atomic E-state index is 0.0153. The van der Waals surface area contributed by atoms with Crippen molar-refractivity contribution in [3.05, 3.63) is 81.7 Å². The lowest BCUT2D eigenvalue weighted by atomic mass is 9.96. The van der Waals surface area contributed by atoms with E-state index in [-0.39, 0.29) is 41.5 Å². The summed E-state index contributed by atoms with van der Waals surface area (Å²) in [4.78, 5) is 12.9. The fourth-order valence-corrected chi connectivity index (χ4v) is 6.92. The summed E-state index contributed by atoms with van der Waals surface area (Å²) in [6, 6.07) is 14.3. The van der Waals surface area contributed by atoms with E-state index in [0.717, 1.165) is 16.7 Å². The summed E-state index contributed by atoms with van der Waals surface area (Å²) < 4.78 is 34.1. The maximum absolute atomic E-state index is 13.6. The number of hydrogen-bond donors (Lipinski definition) is 1. The molecular formula is C30H37N3O4S. The van der Waals surface area contributed by atoms with Gasteiger partial charge in [0.2, 0.25) is 15.9 Å². The smallest absolute Gasteiger partial charge is 0.248 e. The van der Waals surface area contributed by atoms with Crippen LogP contribution in [0.15, 0.2) is 51.9 Å². The first-order valence-electron chi connectivity index (χ1n) is 13.1. The molecule has 1 amide bonds. The van der Waals surface area contributed by atoms with Crippen LogP contribution in [0.1, 0.15) is 65.0 Å². The molecule has 0 saturated carbocycles. The Labute approximate surface area is 226 Å². The predicted molar refractivity (Wildman–Crippen MR) is 150 cm³/mol. The number of carbonyl (C=O) groups excluding carboxylic acids is 1. The highest BCUT2D eigenvalue weighted by Gasteiger charge is 2.36. The second-order valence-electron chi connectivity index (χ2n) is 10.3. The van der Waals surface area contributed by atoms with E-state index in [2.05, 4.69) is 48.6 Å². The molecule has 1 aliphatic heterocycles. The van der Waals surface area contributed by atoms with Gasteiger partial charge in [-0.2, -0.15) is 4.31 Å². The third kappa shape index (κ3) is 6.08. The maximum Gasteiger partial charge on any atom is 0.248 e. The molecule has 1 aromatic heterocycles. The van der Waals surface area contributed by atoms with Crippen LogP contribution in [0, 0.1) is 33.6 Å². The van der Waals surface area contributed by atoms with E-state index in [4.69, 9.17) is 4.52 Å². The summed E-state index contributed by atoms with van der Waals surface area (Å²) in [7, 11) is -3.83. The minimum Gasteiger partial charge on any atom is -0.355 e. The van der Waals surface area contributed by atoms with E-state index in [1.807, 2.05) is 38.1 Å². The topological polar surface area (TPSA) is 92.5 Å². The number of aryl methyl sites for hydroxylation is 4. The van der Waals surface area contributed by atoms with Crippen LogP contribution < -0.4 is 5.32 Å². The zero-order valence-corrected chi connectivity index (χ0v) is 23.6. The Morgan fingerprint density at radius 2 is 1.71 bits per heavy atom. The van der Waals surface area contributed by atoms with Crippen LogP contribution in [0.5, 0.6) is 0 Å². The Kier molecular flexibility index (Phi) is 8.53. The molecule has 1 fully saturated rings. The van der Waals surface area contributed by atoms with Crippen LogP contribution >= 0.6 is 0 Å². The second kappa shape index (κ2) is 11.7. The standard InChI is InChI=1S/C30H37N3O4S/c1-20-17-21(2)27(22(3)18-20)11-12-28-29(24(5)32-37-28)38(35,36)33-15-13-26(14-16-33)30(34)31-19-23(4)25-9-7-6-8-10-25/h6-12,17-18,23,26H,13-16,19H2,1-5H3,(H,31,34)/b12-11+/t23-/m1/s1. The maximum atomic E-state index is 13.6. The number of sulfonamides is 1. The second-order valence-corrected chi connectivity index (χ2v) is 12.2. The number of rotatable bonds is 8. The molecule has 3 aromatic rings. The first-order valence-corrected chi connectivity index (χ1v) is 14.6. The molecule has 7 nitrogen and oxygen atoms in total. The third-order valence-corrected chi connectivity index (χ3v) is 9.40. The highest BCUT2D eigenvalue weighted by molar-refractivity contribution is 7.89. The number of amides is 1. The van der Waals surface area contributed by atoms with Gasteiger partial charge in [-0.3, -0.25) is 4.79 Å². The summed E-state index contributed by atoms with van der Waals surface area (Å²) in [6.45, 7) is 10.9. The van der Waals surface area contributed by atoms with E-state index in [9.17, 15) is 13.2 Å². The first-order chi connectivity index (χ1) is 18.1. The Balaban J connectivity index is 1.41. The average molecular weight is 536 g/mol. The Bertz CT molecular complexity index is 1400. The fraction of sp³-hybridized carbons (Fsp3) is 0.400. The van der Waals surface area contributed by atoms with Crippen molar-refractivity contribution < 1.29 is 17.7 Å². The van der Waals surface area contributed by atoms with Crippen molar-refractivity contribution in [2.75, 3.05) is 19.6 Å². The van der Waals surface area contributed by atoms with Gasteiger partial charge in [-0.1, -0.05) is 66.2 Å². The number of benzene rings is 2. The molecule has 0 bridgehead atoms. The number of nitrogens with zero attached hydrogens (tertiary/aromatic N) is 2. The van der Waals surface area contributed by atoms with Crippen LogP contribution in [0.25, 0.3) is 12.2 Å². The zero-order chi connectivity index (χ0) is 27.4. The van der Waals surface area contributed by atoms with Gasteiger partial charge in [0.25, 0.3) is 0 Å². The van der Waals surface area contributed by atoms with Gasteiger partial charge in [0.05, 0.1) is 0 Å². The molecule has 0 spiro atoms. The van der Waals surface area contributed by atoms with Gasteiger partial charge in [0.15, 0.2) is 10.7 Å². The van der Waals surface area contributed by atoms with E-state index in [0.29, 0.717) is 25.1 Å². The van der Waals surface area contributed by atoms with Crippen LogP contribution in [0.3, 0.4) is 0 Å². The molecule has 1 N–H and O–H groups in total. The molecule has 1 saturated heterocycles. The molecular weight excluding hydrogens is 498 g/mol. The zero-order valence-electron chi connectivity index (χ0n) is 22.8. The van der Waals surface area contributed by atoms with Gasteiger partial charge < -0.3 is 9.84 Å². The summed E-state index contributed by atoms with van der Waals surface area (Å²) in [5.74, 6) is 0.200. The first kappa shape index (κ1) is 27.8. The summed E-state index contributed by atoms with van der Waals surface area (Å²) in [6.07, 6.45) is 4.52. The van der Waals surface area contributed by atoms with E-state index < -0.39 is 10.0 Å². The third-order valence-electron chi connectivity index (χ3n) is 7.35. The predicted octanol–water partition coefficient (Wildman–Crippen LogP) is 5.40. The molecule has 2 heterocycles. The van der Waals surface area contributed by atoms with E-state index in [1.165, 1.54) is 15.4 Å². The number of nitrogens with one attached hydrogen (secondary N) is 1. The highest BCUT2D eigenvalue weighted by Crippen LogP contribution is 2.30. The fourth-order valence-electron chi connectivity index (χ4n) is 5.20. The summed E-state index contributed by atoms with van der Waals surface area (Å²) in [5, 5.41) is 7.02. The quantitative estimate of drug-likeness (QED) is 0.417. The van der Waals surface area contributed by atoms with Crippen molar-refractivity contribution in [1.29, 1.82) is 0 Å². The molecule has 1 aliphatic rings. The van der Waals surface area contributed by atoms with Crippen molar-refractivity contribution in [1.82, 2.24) is 14.8 Å².